The highest BCUT2D eigenvalue weighted by Crippen LogP contribution is 2.62. The molecule has 90 valence electrons. The Morgan fingerprint density at radius 3 is 2.31 bits per heavy atom. The third-order valence-corrected chi connectivity index (χ3v) is 5.34. The molecule has 3 fully saturated rings. The van der Waals surface area contributed by atoms with Gasteiger partial charge in [-0.2, -0.15) is 0 Å². The van der Waals surface area contributed by atoms with Crippen LogP contribution in [-0.2, 0) is 4.79 Å². The maximum atomic E-state index is 12.3. The third kappa shape index (κ3) is 1.33. The van der Waals surface area contributed by atoms with E-state index in [0.717, 1.165) is 38.0 Å². The van der Waals surface area contributed by atoms with Crippen molar-refractivity contribution in [3.8, 4) is 0 Å². The van der Waals surface area contributed by atoms with Gasteiger partial charge in [-0.1, -0.05) is 20.8 Å². The summed E-state index contributed by atoms with van der Waals surface area (Å²) in [5.74, 6) is 2.76. The molecule has 3 aliphatic rings. The highest BCUT2D eigenvalue weighted by molar-refractivity contribution is 5.79. The first-order valence-corrected chi connectivity index (χ1v) is 6.51. The van der Waals surface area contributed by atoms with Crippen molar-refractivity contribution in [3.05, 3.63) is 0 Å². The van der Waals surface area contributed by atoms with Crippen LogP contribution in [-0.4, -0.2) is 37.0 Å². The van der Waals surface area contributed by atoms with Crippen LogP contribution < -0.4 is 5.32 Å². The van der Waals surface area contributed by atoms with Crippen molar-refractivity contribution in [3.63, 3.8) is 0 Å². The molecule has 0 aromatic rings. The number of hydrogen-bond donors (Lipinski definition) is 1. The van der Waals surface area contributed by atoms with Crippen LogP contribution in [0.5, 0.6) is 0 Å². The van der Waals surface area contributed by atoms with Gasteiger partial charge >= 0.3 is 0 Å². The third-order valence-electron chi connectivity index (χ3n) is 5.34. The minimum absolute atomic E-state index is 0.224. The summed E-state index contributed by atoms with van der Waals surface area (Å²) in [6.07, 6.45) is 0. The van der Waals surface area contributed by atoms with Crippen LogP contribution >= 0.6 is 0 Å². The lowest BCUT2D eigenvalue weighted by Gasteiger charge is -2.34. The monoisotopic (exact) mass is 222 g/mol. The number of hydrogen-bond acceptors (Lipinski definition) is 2. The quantitative estimate of drug-likeness (QED) is 0.754. The van der Waals surface area contributed by atoms with E-state index in [1.807, 2.05) is 0 Å². The van der Waals surface area contributed by atoms with Crippen molar-refractivity contribution in [1.82, 2.24) is 10.2 Å². The number of nitrogens with one attached hydrogen (secondary N) is 1. The molecule has 1 amide bonds. The molecule has 1 N–H and O–H groups in total. The summed E-state index contributed by atoms with van der Waals surface area (Å²) in [7, 11) is 0. The Morgan fingerprint density at radius 2 is 1.88 bits per heavy atom. The second kappa shape index (κ2) is 3.22. The first-order valence-electron chi connectivity index (χ1n) is 6.51. The molecule has 3 rings (SSSR count). The van der Waals surface area contributed by atoms with Crippen LogP contribution in [0.4, 0.5) is 0 Å². The minimum atomic E-state index is 0.224. The van der Waals surface area contributed by atoms with Crippen molar-refractivity contribution >= 4 is 5.91 Å². The Bertz CT molecular complexity index is 308. The van der Waals surface area contributed by atoms with E-state index in [1.165, 1.54) is 0 Å². The Hall–Kier alpha value is -0.570. The van der Waals surface area contributed by atoms with Gasteiger partial charge in [0.1, 0.15) is 0 Å². The van der Waals surface area contributed by atoms with Crippen LogP contribution in [0.3, 0.4) is 0 Å². The molecule has 0 radical (unpaired) electrons. The van der Waals surface area contributed by atoms with Gasteiger partial charge < -0.3 is 10.2 Å². The Balaban J connectivity index is 1.57. The summed E-state index contributed by atoms with van der Waals surface area (Å²) in [6, 6.07) is 0. The fourth-order valence-electron chi connectivity index (χ4n) is 3.47. The molecule has 1 saturated carbocycles. The van der Waals surface area contributed by atoms with Gasteiger partial charge in [0.15, 0.2) is 0 Å². The molecule has 2 saturated heterocycles. The number of rotatable bonds is 2. The Morgan fingerprint density at radius 1 is 1.31 bits per heavy atom. The fraction of sp³-hybridized carbons (Fsp3) is 0.923. The molecule has 16 heavy (non-hydrogen) atoms. The smallest absolute Gasteiger partial charge is 0.225 e. The average molecular weight is 222 g/mol. The minimum Gasteiger partial charge on any atom is -0.342 e. The number of piperidine rings is 1. The first kappa shape index (κ1) is 10.6. The molecule has 2 heterocycles. The molecule has 0 aromatic carbocycles. The lowest BCUT2D eigenvalue weighted by molar-refractivity contribution is -0.137. The summed E-state index contributed by atoms with van der Waals surface area (Å²) in [4.78, 5) is 14.4. The number of likely N-dealkylation sites (tertiary alicyclic amines) is 1. The zero-order chi connectivity index (χ0) is 11.5. The van der Waals surface area contributed by atoms with Crippen molar-refractivity contribution in [2.24, 2.45) is 29.1 Å². The topological polar surface area (TPSA) is 32.3 Å². The zero-order valence-corrected chi connectivity index (χ0v) is 10.5. The molecule has 0 bridgehead atoms. The van der Waals surface area contributed by atoms with Crippen LogP contribution in [0, 0.1) is 29.1 Å². The summed E-state index contributed by atoms with van der Waals surface area (Å²) in [5.41, 5.74) is 0.512. The second-order valence-electron chi connectivity index (χ2n) is 6.48. The van der Waals surface area contributed by atoms with Crippen molar-refractivity contribution in [1.29, 1.82) is 0 Å². The maximum absolute atomic E-state index is 12.3. The van der Waals surface area contributed by atoms with Gasteiger partial charge in [-0.25, -0.2) is 0 Å². The molecular formula is C13H22N2O. The molecule has 0 aromatic heterocycles. The van der Waals surface area contributed by atoms with E-state index in [2.05, 4.69) is 31.0 Å². The van der Waals surface area contributed by atoms with Gasteiger partial charge in [0.05, 0.1) is 0 Å². The number of nitrogens with zero attached hydrogens (tertiary/aromatic N) is 1. The van der Waals surface area contributed by atoms with E-state index >= 15 is 0 Å². The van der Waals surface area contributed by atoms with Crippen LogP contribution in [0.25, 0.3) is 0 Å². The van der Waals surface area contributed by atoms with E-state index in [-0.39, 0.29) is 5.92 Å². The van der Waals surface area contributed by atoms with Crippen LogP contribution in [0.1, 0.15) is 20.8 Å². The Kier molecular flexibility index (Phi) is 2.13. The van der Waals surface area contributed by atoms with E-state index in [0.29, 0.717) is 17.2 Å². The van der Waals surface area contributed by atoms with E-state index in [1.54, 1.807) is 0 Å². The van der Waals surface area contributed by atoms with Crippen LogP contribution in [0.2, 0.25) is 0 Å². The number of amides is 1. The van der Waals surface area contributed by atoms with Gasteiger partial charge in [-0.05, 0) is 36.3 Å². The lowest BCUT2D eigenvalue weighted by Crippen LogP contribution is -2.50. The van der Waals surface area contributed by atoms with E-state index in [9.17, 15) is 4.79 Å². The molecule has 1 aliphatic carbocycles. The van der Waals surface area contributed by atoms with E-state index < -0.39 is 0 Å². The average Bonchev–Trinajstić information content (AvgIpc) is 2.60. The summed E-state index contributed by atoms with van der Waals surface area (Å²) in [5, 5.41) is 3.25. The summed E-state index contributed by atoms with van der Waals surface area (Å²) >= 11 is 0. The molecular weight excluding hydrogens is 200 g/mol. The first-order chi connectivity index (χ1) is 7.51. The number of fused-ring (bicyclic) bond motifs is 1. The number of carbonyl (C=O) groups is 1. The van der Waals surface area contributed by atoms with Gasteiger partial charge in [-0.15, -0.1) is 0 Å². The van der Waals surface area contributed by atoms with Gasteiger partial charge in [0.2, 0.25) is 5.91 Å². The molecule has 0 spiro atoms. The number of carbonyl (C=O) groups excluding carboxylic acids is 1. The van der Waals surface area contributed by atoms with Gasteiger partial charge in [0, 0.05) is 19.0 Å². The Labute approximate surface area is 97.6 Å². The molecule has 3 heteroatoms. The molecule has 2 aliphatic heterocycles. The SMILES string of the molecule is CC(C(=O)N1CC2C(C1)C2(C)C)C1CNC1. The lowest BCUT2D eigenvalue weighted by atomic mass is 9.88. The van der Waals surface area contributed by atoms with Crippen LogP contribution in [0.15, 0.2) is 0 Å². The molecule has 3 atom stereocenters. The predicted molar refractivity (Wildman–Crippen MR) is 62.9 cm³/mol. The fourth-order valence-corrected chi connectivity index (χ4v) is 3.47. The van der Waals surface area contributed by atoms with Gasteiger partial charge in [0.25, 0.3) is 0 Å². The summed E-state index contributed by atoms with van der Waals surface area (Å²) in [6.45, 7) is 10.9. The predicted octanol–water partition coefficient (Wildman–Crippen LogP) is 0.956. The highest BCUT2D eigenvalue weighted by Gasteiger charge is 2.62. The summed E-state index contributed by atoms with van der Waals surface area (Å²) < 4.78 is 0. The standard InChI is InChI=1S/C13H22N2O/c1-8(9-4-14-5-9)12(16)15-6-10-11(7-15)13(10,2)3/h8-11,14H,4-7H2,1-3H3. The largest absolute Gasteiger partial charge is 0.342 e. The second-order valence-corrected chi connectivity index (χ2v) is 6.48. The molecule has 3 unspecified atom stereocenters. The maximum Gasteiger partial charge on any atom is 0.225 e. The van der Waals surface area contributed by atoms with Crippen molar-refractivity contribution in [2.45, 2.75) is 20.8 Å². The molecule has 3 nitrogen and oxygen atoms in total. The van der Waals surface area contributed by atoms with Crippen molar-refractivity contribution in [2.75, 3.05) is 26.2 Å². The van der Waals surface area contributed by atoms with Gasteiger partial charge in [-0.3, -0.25) is 4.79 Å². The van der Waals surface area contributed by atoms with Crippen molar-refractivity contribution < 1.29 is 4.79 Å². The van der Waals surface area contributed by atoms with E-state index in [4.69, 9.17) is 0 Å². The normalized spacial score (nSPS) is 37.8. The zero-order valence-electron chi connectivity index (χ0n) is 10.5. The highest BCUT2D eigenvalue weighted by atomic mass is 16.2.